The van der Waals surface area contributed by atoms with Crippen LogP contribution in [0.1, 0.15) is 30.9 Å². The first-order valence-corrected chi connectivity index (χ1v) is 6.73. The van der Waals surface area contributed by atoms with Crippen molar-refractivity contribution in [3.8, 4) is 0 Å². The van der Waals surface area contributed by atoms with Crippen molar-refractivity contribution in [2.24, 2.45) is 0 Å². The van der Waals surface area contributed by atoms with Crippen molar-refractivity contribution in [1.82, 2.24) is 9.97 Å². The van der Waals surface area contributed by atoms with E-state index in [9.17, 15) is 0 Å². The molecule has 0 fully saturated rings. The third-order valence-corrected chi connectivity index (χ3v) is 3.12. The number of rotatable bonds is 5. The number of benzene rings is 1. The van der Waals surface area contributed by atoms with Crippen molar-refractivity contribution in [1.29, 1.82) is 0 Å². The maximum absolute atomic E-state index is 5.65. The zero-order valence-corrected chi connectivity index (χ0v) is 12.1. The van der Waals surface area contributed by atoms with E-state index in [2.05, 4.69) is 58.7 Å². The van der Waals surface area contributed by atoms with Crippen LogP contribution in [0.15, 0.2) is 30.3 Å². The number of anilines is 3. The van der Waals surface area contributed by atoms with E-state index in [1.165, 1.54) is 11.1 Å². The lowest BCUT2D eigenvalue weighted by molar-refractivity contribution is 0.865. The van der Waals surface area contributed by atoms with Crippen LogP contribution >= 0.6 is 0 Å². The van der Waals surface area contributed by atoms with Crippen molar-refractivity contribution >= 4 is 17.6 Å². The molecular weight excluding hydrogens is 250 g/mol. The second-order valence-electron chi connectivity index (χ2n) is 5.00. The van der Waals surface area contributed by atoms with E-state index in [1.54, 1.807) is 7.05 Å². The summed E-state index contributed by atoms with van der Waals surface area (Å²) in [5, 5.41) is 6.21. The maximum Gasteiger partial charge on any atom is 0.223 e. The number of aromatic nitrogens is 2. The van der Waals surface area contributed by atoms with Gasteiger partial charge in [-0.3, -0.25) is 0 Å². The summed E-state index contributed by atoms with van der Waals surface area (Å²) < 4.78 is 0. The SMILES string of the molecule is CNc1cc(NCc2ccc(C(C)C)cc2)nc(N)n1. The van der Waals surface area contributed by atoms with Crippen molar-refractivity contribution < 1.29 is 0 Å². The summed E-state index contributed by atoms with van der Waals surface area (Å²) in [5.74, 6) is 2.23. The van der Waals surface area contributed by atoms with E-state index in [1.807, 2.05) is 6.07 Å². The molecule has 0 aliphatic rings. The molecule has 5 heteroatoms. The predicted octanol–water partition coefficient (Wildman–Crippen LogP) is 2.84. The highest BCUT2D eigenvalue weighted by Gasteiger charge is 2.02. The molecule has 0 aliphatic carbocycles. The highest BCUT2D eigenvalue weighted by atomic mass is 15.1. The summed E-state index contributed by atoms with van der Waals surface area (Å²) in [6.07, 6.45) is 0. The van der Waals surface area contributed by atoms with Crippen molar-refractivity contribution in [3.63, 3.8) is 0 Å². The molecule has 0 amide bonds. The molecule has 5 nitrogen and oxygen atoms in total. The Bertz CT molecular complexity index is 563. The smallest absolute Gasteiger partial charge is 0.223 e. The van der Waals surface area contributed by atoms with E-state index in [-0.39, 0.29) is 5.95 Å². The van der Waals surface area contributed by atoms with Gasteiger partial charge in [-0.25, -0.2) is 0 Å². The van der Waals surface area contributed by atoms with Gasteiger partial charge in [0.2, 0.25) is 5.95 Å². The number of hydrogen-bond donors (Lipinski definition) is 3. The summed E-state index contributed by atoms with van der Waals surface area (Å²) in [4.78, 5) is 8.21. The van der Waals surface area contributed by atoms with E-state index in [0.29, 0.717) is 18.3 Å². The maximum atomic E-state index is 5.65. The van der Waals surface area contributed by atoms with Crippen LogP contribution in [0.4, 0.5) is 17.6 Å². The van der Waals surface area contributed by atoms with Crippen LogP contribution in [-0.2, 0) is 6.54 Å². The molecule has 2 rings (SSSR count). The van der Waals surface area contributed by atoms with Gasteiger partial charge in [0.25, 0.3) is 0 Å². The second kappa shape index (κ2) is 6.23. The standard InChI is InChI=1S/C15H21N5/c1-10(2)12-6-4-11(5-7-12)9-18-14-8-13(17-3)19-15(16)20-14/h4-8,10H,9H2,1-3H3,(H4,16,17,18,19,20). The number of nitrogens with zero attached hydrogens (tertiary/aromatic N) is 2. The highest BCUT2D eigenvalue weighted by molar-refractivity contribution is 5.50. The lowest BCUT2D eigenvalue weighted by Crippen LogP contribution is -2.06. The fraction of sp³-hybridized carbons (Fsp3) is 0.333. The lowest BCUT2D eigenvalue weighted by atomic mass is 10.0. The molecule has 0 atom stereocenters. The van der Waals surface area contributed by atoms with Crippen LogP contribution in [-0.4, -0.2) is 17.0 Å². The Morgan fingerprint density at radius 2 is 1.75 bits per heavy atom. The first kappa shape index (κ1) is 14.1. The van der Waals surface area contributed by atoms with Crippen LogP contribution < -0.4 is 16.4 Å². The highest BCUT2D eigenvalue weighted by Crippen LogP contribution is 2.16. The van der Waals surface area contributed by atoms with Gasteiger partial charge in [0.15, 0.2) is 0 Å². The van der Waals surface area contributed by atoms with Crippen molar-refractivity contribution in [2.45, 2.75) is 26.3 Å². The van der Waals surface area contributed by atoms with Gasteiger partial charge in [-0.2, -0.15) is 9.97 Å². The summed E-state index contributed by atoms with van der Waals surface area (Å²) >= 11 is 0. The molecule has 0 saturated carbocycles. The third-order valence-electron chi connectivity index (χ3n) is 3.12. The average Bonchev–Trinajstić information content (AvgIpc) is 2.45. The quantitative estimate of drug-likeness (QED) is 0.779. The second-order valence-corrected chi connectivity index (χ2v) is 5.00. The Morgan fingerprint density at radius 3 is 2.35 bits per heavy atom. The van der Waals surface area contributed by atoms with Crippen LogP contribution in [0.3, 0.4) is 0 Å². The minimum absolute atomic E-state index is 0.259. The molecule has 0 spiro atoms. The number of nitrogens with two attached hydrogens (primary N) is 1. The number of nitrogen functional groups attached to an aromatic ring is 1. The Balaban J connectivity index is 2.03. The largest absolute Gasteiger partial charge is 0.373 e. The summed E-state index contributed by atoms with van der Waals surface area (Å²) in [6, 6.07) is 10.4. The minimum Gasteiger partial charge on any atom is -0.373 e. The zero-order valence-electron chi connectivity index (χ0n) is 12.1. The Morgan fingerprint density at radius 1 is 1.10 bits per heavy atom. The van der Waals surface area contributed by atoms with Gasteiger partial charge in [0.1, 0.15) is 11.6 Å². The van der Waals surface area contributed by atoms with Gasteiger partial charge in [0, 0.05) is 19.7 Å². The molecule has 0 aliphatic heterocycles. The van der Waals surface area contributed by atoms with Crippen LogP contribution in [0.25, 0.3) is 0 Å². The van der Waals surface area contributed by atoms with E-state index in [0.717, 1.165) is 5.82 Å². The van der Waals surface area contributed by atoms with Gasteiger partial charge < -0.3 is 16.4 Å². The van der Waals surface area contributed by atoms with Crippen LogP contribution in [0.5, 0.6) is 0 Å². The number of nitrogens with one attached hydrogen (secondary N) is 2. The molecule has 20 heavy (non-hydrogen) atoms. The normalized spacial score (nSPS) is 10.6. The summed E-state index contributed by atoms with van der Waals surface area (Å²) in [6.45, 7) is 5.09. The molecule has 106 valence electrons. The van der Waals surface area contributed by atoms with Crippen LogP contribution in [0, 0.1) is 0 Å². The molecule has 4 N–H and O–H groups in total. The van der Waals surface area contributed by atoms with Gasteiger partial charge in [0.05, 0.1) is 0 Å². The van der Waals surface area contributed by atoms with Gasteiger partial charge >= 0.3 is 0 Å². The molecule has 1 heterocycles. The van der Waals surface area contributed by atoms with Gasteiger partial charge in [-0.05, 0) is 17.0 Å². The molecule has 0 unspecified atom stereocenters. The van der Waals surface area contributed by atoms with Crippen LogP contribution in [0.2, 0.25) is 0 Å². The fourth-order valence-corrected chi connectivity index (χ4v) is 1.90. The molecule has 1 aromatic heterocycles. The Hall–Kier alpha value is -2.30. The molecule has 1 aromatic carbocycles. The zero-order chi connectivity index (χ0) is 14.5. The molecule has 2 aromatic rings. The topological polar surface area (TPSA) is 75.9 Å². The van der Waals surface area contributed by atoms with E-state index in [4.69, 9.17) is 5.73 Å². The monoisotopic (exact) mass is 271 g/mol. The number of hydrogen-bond acceptors (Lipinski definition) is 5. The van der Waals surface area contributed by atoms with E-state index < -0.39 is 0 Å². The van der Waals surface area contributed by atoms with Gasteiger partial charge in [-0.1, -0.05) is 38.1 Å². The van der Waals surface area contributed by atoms with Gasteiger partial charge in [-0.15, -0.1) is 0 Å². The summed E-state index contributed by atoms with van der Waals surface area (Å²) in [7, 11) is 1.80. The lowest BCUT2D eigenvalue weighted by Gasteiger charge is -2.10. The Kier molecular flexibility index (Phi) is 4.40. The molecule has 0 saturated heterocycles. The molecular formula is C15H21N5. The minimum atomic E-state index is 0.259. The predicted molar refractivity (Wildman–Crippen MR) is 83.8 cm³/mol. The molecule has 0 radical (unpaired) electrons. The average molecular weight is 271 g/mol. The summed E-state index contributed by atoms with van der Waals surface area (Å²) in [5.41, 5.74) is 8.21. The molecule has 0 bridgehead atoms. The third kappa shape index (κ3) is 3.60. The fourth-order valence-electron chi connectivity index (χ4n) is 1.90. The first-order valence-electron chi connectivity index (χ1n) is 6.73. The van der Waals surface area contributed by atoms with Crippen molar-refractivity contribution in [3.05, 3.63) is 41.5 Å². The Labute approximate surface area is 119 Å². The van der Waals surface area contributed by atoms with E-state index >= 15 is 0 Å². The first-order chi connectivity index (χ1) is 9.58. The van der Waals surface area contributed by atoms with Crippen molar-refractivity contribution in [2.75, 3.05) is 23.4 Å².